The number of carbonyl (C=O) groups is 1. The van der Waals surface area contributed by atoms with E-state index < -0.39 is 0 Å². The molecule has 0 spiro atoms. The molecule has 0 saturated carbocycles. The van der Waals surface area contributed by atoms with Crippen molar-refractivity contribution in [2.24, 2.45) is 0 Å². The minimum absolute atomic E-state index is 0.0916. The molecule has 1 amide bonds. The molecule has 1 saturated heterocycles. The van der Waals surface area contributed by atoms with Crippen molar-refractivity contribution in [1.82, 2.24) is 10.1 Å². The van der Waals surface area contributed by atoms with Gasteiger partial charge in [-0.3, -0.25) is 4.79 Å². The van der Waals surface area contributed by atoms with E-state index in [1.165, 1.54) is 19.2 Å². The van der Waals surface area contributed by atoms with Crippen molar-refractivity contribution in [3.05, 3.63) is 59.2 Å². The van der Waals surface area contributed by atoms with E-state index in [-0.39, 0.29) is 29.9 Å². The third-order valence-electron chi connectivity index (χ3n) is 4.43. The number of anilines is 1. The lowest BCUT2D eigenvalue weighted by Gasteiger charge is -2.19. The highest BCUT2D eigenvalue weighted by Crippen LogP contribution is 2.37. The molecule has 2 heterocycles. The zero-order chi connectivity index (χ0) is 19.0. The van der Waals surface area contributed by atoms with Crippen LogP contribution < -0.4 is 9.64 Å². The van der Waals surface area contributed by atoms with E-state index in [9.17, 15) is 9.18 Å². The smallest absolute Gasteiger partial charge is 0.232 e. The average molecular weight is 388 g/mol. The molecule has 3 aromatic rings. The van der Waals surface area contributed by atoms with Gasteiger partial charge < -0.3 is 14.2 Å². The number of aromatic nitrogens is 2. The van der Waals surface area contributed by atoms with Gasteiger partial charge in [0.2, 0.25) is 17.6 Å². The number of benzene rings is 2. The van der Waals surface area contributed by atoms with Crippen LogP contribution in [0.5, 0.6) is 5.75 Å². The van der Waals surface area contributed by atoms with E-state index in [0.29, 0.717) is 34.5 Å². The Kier molecular flexibility index (Phi) is 4.53. The molecule has 27 heavy (non-hydrogen) atoms. The predicted octanol–water partition coefficient (Wildman–Crippen LogP) is 4.06. The summed E-state index contributed by atoms with van der Waals surface area (Å²) in [6.07, 6.45) is 0.223. The van der Waals surface area contributed by atoms with Gasteiger partial charge >= 0.3 is 0 Å². The Morgan fingerprint density at radius 1 is 1.30 bits per heavy atom. The minimum atomic E-state index is -0.380. The minimum Gasteiger partial charge on any atom is -0.495 e. The highest BCUT2D eigenvalue weighted by atomic mass is 35.5. The third kappa shape index (κ3) is 3.38. The molecular weight excluding hydrogens is 373 g/mol. The van der Waals surface area contributed by atoms with Gasteiger partial charge in [-0.15, -0.1) is 0 Å². The van der Waals surface area contributed by atoms with Gasteiger partial charge in [0.1, 0.15) is 11.6 Å². The summed E-state index contributed by atoms with van der Waals surface area (Å²) in [5.41, 5.74) is 1.12. The molecule has 4 rings (SSSR count). The first-order chi connectivity index (χ1) is 13.0. The summed E-state index contributed by atoms with van der Waals surface area (Å²) in [7, 11) is 1.54. The van der Waals surface area contributed by atoms with Gasteiger partial charge in [-0.25, -0.2) is 4.39 Å². The van der Waals surface area contributed by atoms with Gasteiger partial charge in [0, 0.05) is 23.6 Å². The number of halogens is 2. The zero-order valence-corrected chi connectivity index (χ0v) is 15.1. The summed E-state index contributed by atoms with van der Waals surface area (Å²) in [5.74, 6) is 0.442. The molecule has 0 radical (unpaired) electrons. The number of rotatable bonds is 4. The first-order valence-corrected chi connectivity index (χ1v) is 8.66. The lowest BCUT2D eigenvalue weighted by atomic mass is 10.1. The molecular formula is C19H15ClFN3O3. The van der Waals surface area contributed by atoms with E-state index in [0.717, 1.165) is 0 Å². The summed E-state index contributed by atoms with van der Waals surface area (Å²) in [4.78, 5) is 18.5. The second kappa shape index (κ2) is 7.00. The molecule has 6 nitrogen and oxygen atoms in total. The largest absolute Gasteiger partial charge is 0.495 e. The molecule has 1 aliphatic rings. The first kappa shape index (κ1) is 17.5. The lowest BCUT2D eigenvalue weighted by molar-refractivity contribution is -0.117. The van der Waals surface area contributed by atoms with Crippen LogP contribution in [-0.2, 0) is 4.79 Å². The molecule has 0 aliphatic carbocycles. The van der Waals surface area contributed by atoms with E-state index in [4.69, 9.17) is 20.9 Å². The highest BCUT2D eigenvalue weighted by Gasteiger charge is 2.36. The van der Waals surface area contributed by atoms with Gasteiger partial charge in [0.25, 0.3) is 0 Å². The monoisotopic (exact) mass is 387 g/mol. The summed E-state index contributed by atoms with van der Waals surface area (Å²) in [6, 6.07) is 11.0. The Labute approximate surface area is 159 Å². The maximum Gasteiger partial charge on any atom is 0.232 e. The topological polar surface area (TPSA) is 68.5 Å². The highest BCUT2D eigenvalue weighted by molar-refractivity contribution is 6.31. The number of nitrogens with zero attached hydrogens (tertiary/aromatic N) is 3. The van der Waals surface area contributed by atoms with Crippen molar-refractivity contribution >= 4 is 23.2 Å². The Morgan fingerprint density at radius 3 is 2.93 bits per heavy atom. The quantitative estimate of drug-likeness (QED) is 0.675. The van der Waals surface area contributed by atoms with Gasteiger partial charge in [-0.2, -0.15) is 4.98 Å². The first-order valence-electron chi connectivity index (χ1n) is 8.28. The fraction of sp³-hybridized carbons (Fsp3) is 0.211. The molecule has 1 aromatic heterocycles. The van der Waals surface area contributed by atoms with Crippen molar-refractivity contribution in [2.75, 3.05) is 18.6 Å². The SMILES string of the molecule is COc1ccc(Cl)cc1N1CC(c2nc(-c3cccc(F)c3)no2)CC1=O. The summed E-state index contributed by atoms with van der Waals surface area (Å²) in [6.45, 7) is 0.361. The molecule has 2 aromatic carbocycles. The van der Waals surface area contributed by atoms with Crippen LogP contribution in [0, 0.1) is 5.82 Å². The van der Waals surface area contributed by atoms with E-state index in [1.54, 1.807) is 35.2 Å². The number of amides is 1. The molecule has 1 fully saturated rings. The molecule has 1 unspecified atom stereocenters. The van der Waals surface area contributed by atoms with Crippen LogP contribution in [0.3, 0.4) is 0 Å². The Bertz CT molecular complexity index is 1010. The molecule has 8 heteroatoms. The number of ether oxygens (including phenoxy) is 1. The maximum atomic E-state index is 13.4. The van der Waals surface area contributed by atoms with Crippen LogP contribution in [0.2, 0.25) is 5.02 Å². The maximum absolute atomic E-state index is 13.4. The molecule has 1 aliphatic heterocycles. The zero-order valence-electron chi connectivity index (χ0n) is 14.4. The fourth-order valence-corrected chi connectivity index (χ4v) is 3.29. The molecule has 0 N–H and O–H groups in total. The molecule has 138 valence electrons. The van der Waals surface area contributed by atoms with Crippen molar-refractivity contribution < 1.29 is 18.4 Å². The Morgan fingerprint density at radius 2 is 2.15 bits per heavy atom. The standard InChI is InChI=1S/C19H15ClFN3O3/c1-26-16-6-5-13(20)9-15(16)24-10-12(8-17(24)25)19-22-18(23-27-19)11-3-2-4-14(21)7-11/h2-7,9,12H,8,10H2,1H3. The molecule has 1 atom stereocenters. The second-order valence-electron chi connectivity index (χ2n) is 6.19. The molecule has 0 bridgehead atoms. The fourth-order valence-electron chi connectivity index (χ4n) is 3.13. The average Bonchev–Trinajstić information content (AvgIpc) is 3.28. The van der Waals surface area contributed by atoms with Gasteiger partial charge in [0.05, 0.1) is 18.7 Å². The lowest BCUT2D eigenvalue weighted by Crippen LogP contribution is -2.24. The number of hydrogen-bond acceptors (Lipinski definition) is 5. The number of hydrogen-bond donors (Lipinski definition) is 0. The summed E-state index contributed by atoms with van der Waals surface area (Å²) < 4.78 is 24.1. The number of carbonyl (C=O) groups excluding carboxylic acids is 1. The Hall–Kier alpha value is -2.93. The van der Waals surface area contributed by atoms with Crippen LogP contribution in [0.4, 0.5) is 10.1 Å². The predicted molar refractivity (Wildman–Crippen MR) is 97.4 cm³/mol. The van der Waals surface area contributed by atoms with Crippen LogP contribution >= 0.6 is 11.6 Å². The number of methoxy groups -OCH3 is 1. The van der Waals surface area contributed by atoms with Crippen molar-refractivity contribution in [2.45, 2.75) is 12.3 Å². The van der Waals surface area contributed by atoms with Crippen LogP contribution in [0.1, 0.15) is 18.2 Å². The summed E-state index contributed by atoms with van der Waals surface area (Å²) in [5, 5.41) is 4.42. The van der Waals surface area contributed by atoms with Gasteiger partial charge in [-0.05, 0) is 30.3 Å². The Balaban J connectivity index is 1.59. The van der Waals surface area contributed by atoms with E-state index >= 15 is 0 Å². The van der Waals surface area contributed by atoms with Crippen LogP contribution in [-0.4, -0.2) is 29.7 Å². The van der Waals surface area contributed by atoms with Crippen molar-refractivity contribution in [3.63, 3.8) is 0 Å². The van der Waals surface area contributed by atoms with Crippen molar-refractivity contribution in [3.8, 4) is 17.1 Å². The van der Waals surface area contributed by atoms with Crippen LogP contribution in [0.25, 0.3) is 11.4 Å². The summed E-state index contributed by atoms with van der Waals surface area (Å²) >= 11 is 6.07. The normalized spacial score (nSPS) is 16.8. The van der Waals surface area contributed by atoms with Gasteiger partial charge in [0.15, 0.2) is 0 Å². The van der Waals surface area contributed by atoms with Gasteiger partial charge in [-0.1, -0.05) is 28.9 Å². The van der Waals surface area contributed by atoms with Crippen LogP contribution in [0.15, 0.2) is 47.0 Å². The van der Waals surface area contributed by atoms with E-state index in [1.807, 2.05) is 0 Å². The van der Waals surface area contributed by atoms with Crippen molar-refractivity contribution in [1.29, 1.82) is 0 Å². The van der Waals surface area contributed by atoms with E-state index in [2.05, 4.69) is 10.1 Å². The third-order valence-corrected chi connectivity index (χ3v) is 4.67. The second-order valence-corrected chi connectivity index (χ2v) is 6.62.